The second-order valence-corrected chi connectivity index (χ2v) is 5.10. The number of carbonyl (C=O) groups is 1. The molecule has 0 aliphatic rings. The van der Waals surface area contributed by atoms with E-state index in [1.807, 2.05) is 19.1 Å². The predicted molar refractivity (Wildman–Crippen MR) is 64.4 cm³/mol. The van der Waals surface area contributed by atoms with Crippen molar-refractivity contribution in [2.45, 2.75) is 19.4 Å². The summed E-state index contributed by atoms with van der Waals surface area (Å²) in [6, 6.07) is 3.79. The lowest BCUT2D eigenvalue weighted by Crippen LogP contribution is -2.26. The summed E-state index contributed by atoms with van der Waals surface area (Å²) < 4.78 is 0.746. The van der Waals surface area contributed by atoms with Crippen molar-refractivity contribution in [3.63, 3.8) is 0 Å². The number of nitrogens with one attached hydrogen (secondary N) is 1. The van der Waals surface area contributed by atoms with Crippen LogP contribution in [-0.4, -0.2) is 11.7 Å². The van der Waals surface area contributed by atoms with Gasteiger partial charge in [0.2, 0.25) is 5.91 Å². The predicted octanol–water partition coefficient (Wildman–Crippen LogP) is 2.90. The van der Waals surface area contributed by atoms with Crippen molar-refractivity contribution in [3.8, 4) is 0 Å². The lowest BCUT2D eigenvalue weighted by molar-refractivity contribution is -0.121. The number of thiol groups is 1. The minimum atomic E-state index is 0.0250. The van der Waals surface area contributed by atoms with E-state index in [1.54, 1.807) is 0 Å². The van der Waals surface area contributed by atoms with E-state index in [1.165, 1.54) is 11.3 Å². The van der Waals surface area contributed by atoms with E-state index in [-0.39, 0.29) is 11.9 Å². The van der Waals surface area contributed by atoms with Gasteiger partial charge in [-0.15, -0.1) is 11.3 Å². The number of hydrogen-bond acceptors (Lipinski definition) is 3. The summed E-state index contributed by atoms with van der Waals surface area (Å²) >= 11 is 11.3. The molecule has 1 aromatic rings. The molecule has 1 heterocycles. The van der Waals surface area contributed by atoms with E-state index in [4.69, 9.17) is 11.6 Å². The lowest BCUT2D eigenvalue weighted by Gasteiger charge is -2.11. The third-order valence-corrected chi connectivity index (χ3v) is 3.37. The molecule has 1 N–H and O–H groups in total. The van der Waals surface area contributed by atoms with Crippen LogP contribution in [0, 0.1) is 0 Å². The van der Waals surface area contributed by atoms with Crippen LogP contribution in [-0.2, 0) is 4.79 Å². The fraction of sp³-hybridized carbons (Fsp3) is 0.444. The molecule has 0 aromatic carbocycles. The van der Waals surface area contributed by atoms with Crippen LogP contribution in [0.1, 0.15) is 24.3 Å². The van der Waals surface area contributed by atoms with Gasteiger partial charge in [-0.05, 0) is 24.8 Å². The average molecular weight is 250 g/mol. The number of amides is 1. The van der Waals surface area contributed by atoms with Crippen LogP contribution < -0.4 is 5.32 Å². The monoisotopic (exact) mass is 249 g/mol. The molecule has 1 amide bonds. The molecule has 0 spiro atoms. The van der Waals surface area contributed by atoms with E-state index in [2.05, 4.69) is 17.9 Å². The van der Waals surface area contributed by atoms with Gasteiger partial charge < -0.3 is 5.32 Å². The zero-order chi connectivity index (χ0) is 10.6. The molecule has 1 unspecified atom stereocenters. The third kappa shape index (κ3) is 3.52. The van der Waals surface area contributed by atoms with E-state index in [0.29, 0.717) is 12.2 Å². The highest BCUT2D eigenvalue weighted by atomic mass is 35.5. The van der Waals surface area contributed by atoms with Gasteiger partial charge in [0, 0.05) is 11.3 Å². The van der Waals surface area contributed by atoms with Crippen LogP contribution in [0.5, 0.6) is 0 Å². The number of rotatable bonds is 4. The fourth-order valence-corrected chi connectivity index (χ4v) is 2.31. The van der Waals surface area contributed by atoms with Gasteiger partial charge in [-0.25, -0.2) is 0 Å². The Morgan fingerprint density at radius 2 is 2.43 bits per heavy atom. The van der Waals surface area contributed by atoms with E-state index < -0.39 is 0 Å². The molecule has 78 valence electrons. The Morgan fingerprint density at radius 1 is 1.71 bits per heavy atom. The van der Waals surface area contributed by atoms with E-state index in [0.717, 1.165) is 9.21 Å². The van der Waals surface area contributed by atoms with Crippen LogP contribution in [0.4, 0.5) is 0 Å². The first kappa shape index (κ1) is 11.9. The van der Waals surface area contributed by atoms with Crippen molar-refractivity contribution in [2.24, 2.45) is 0 Å². The van der Waals surface area contributed by atoms with Crippen LogP contribution in [0.3, 0.4) is 0 Å². The second-order valence-electron chi connectivity index (χ2n) is 2.90. The summed E-state index contributed by atoms with van der Waals surface area (Å²) in [5.74, 6) is 0.598. The van der Waals surface area contributed by atoms with Gasteiger partial charge >= 0.3 is 0 Å². The molecular weight excluding hydrogens is 238 g/mol. The van der Waals surface area contributed by atoms with Gasteiger partial charge in [0.05, 0.1) is 10.4 Å². The zero-order valence-electron chi connectivity index (χ0n) is 7.79. The maximum Gasteiger partial charge on any atom is 0.221 e. The summed E-state index contributed by atoms with van der Waals surface area (Å²) in [7, 11) is 0. The van der Waals surface area contributed by atoms with Crippen LogP contribution in [0.15, 0.2) is 12.1 Å². The van der Waals surface area contributed by atoms with Crippen molar-refractivity contribution in [3.05, 3.63) is 21.3 Å². The Bertz CT molecular complexity index is 314. The highest BCUT2D eigenvalue weighted by molar-refractivity contribution is 7.80. The molecule has 0 saturated heterocycles. The second kappa shape index (κ2) is 5.63. The normalized spacial score (nSPS) is 12.5. The minimum Gasteiger partial charge on any atom is -0.349 e. The van der Waals surface area contributed by atoms with E-state index >= 15 is 0 Å². The number of hydrogen-bond donors (Lipinski definition) is 2. The van der Waals surface area contributed by atoms with Gasteiger partial charge in [0.15, 0.2) is 0 Å². The first-order valence-corrected chi connectivity index (χ1v) is 6.11. The fourth-order valence-electron chi connectivity index (χ4n) is 1.05. The minimum absolute atomic E-state index is 0.0250. The molecule has 0 saturated carbocycles. The Hall–Kier alpha value is -0.190. The smallest absolute Gasteiger partial charge is 0.221 e. The number of halogens is 1. The topological polar surface area (TPSA) is 29.1 Å². The first-order chi connectivity index (χ1) is 6.63. The third-order valence-electron chi connectivity index (χ3n) is 1.74. The Kier molecular flexibility index (Phi) is 4.78. The Morgan fingerprint density at radius 3 is 2.93 bits per heavy atom. The summed E-state index contributed by atoms with van der Waals surface area (Å²) in [6.07, 6.45) is 0.451. The van der Waals surface area contributed by atoms with Crippen molar-refractivity contribution >= 4 is 41.5 Å². The highest BCUT2D eigenvalue weighted by Gasteiger charge is 2.10. The van der Waals surface area contributed by atoms with E-state index in [9.17, 15) is 4.79 Å². The van der Waals surface area contributed by atoms with Gasteiger partial charge in [0.1, 0.15) is 0 Å². The molecule has 0 radical (unpaired) electrons. The molecule has 0 aliphatic heterocycles. The average Bonchev–Trinajstić information content (AvgIpc) is 2.52. The molecule has 14 heavy (non-hydrogen) atoms. The van der Waals surface area contributed by atoms with Crippen LogP contribution >= 0.6 is 35.6 Å². The largest absolute Gasteiger partial charge is 0.349 e. The molecular formula is C9H12ClNOS2. The molecule has 1 atom stereocenters. The molecule has 1 aromatic heterocycles. The maximum atomic E-state index is 11.2. The Labute approximate surface area is 98.1 Å². The van der Waals surface area contributed by atoms with Gasteiger partial charge in [-0.3, -0.25) is 4.79 Å². The summed E-state index contributed by atoms with van der Waals surface area (Å²) in [4.78, 5) is 12.3. The highest BCUT2D eigenvalue weighted by Crippen LogP contribution is 2.26. The molecule has 0 aliphatic carbocycles. The van der Waals surface area contributed by atoms with Gasteiger partial charge in [-0.2, -0.15) is 12.6 Å². The maximum absolute atomic E-state index is 11.2. The molecule has 0 fully saturated rings. The van der Waals surface area contributed by atoms with Crippen molar-refractivity contribution in [2.75, 3.05) is 5.75 Å². The van der Waals surface area contributed by atoms with Crippen LogP contribution in [0.2, 0.25) is 4.34 Å². The molecule has 2 nitrogen and oxygen atoms in total. The lowest BCUT2D eigenvalue weighted by atomic mass is 10.2. The first-order valence-electron chi connectivity index (χ1n) is 4.29. The van der Waals surface area contributed by atoms with Gasteiger partial charge in [-0.1, -0.05) is 11.6 Å². The number of thiophene rings is 1. The molecule has 0 bridgehead atoms. The summed E-state index contributed by atoms with van der Waals surface area (Å²) in [6.45, 7) is 1.94. The van der Waals surface area contributed by atoms with Gasteiger partial charge in [0.25, 0.3) is 0 Å². The van der Waals surface area contributed by atoms with Crippen molar-refractivity contribution in [1.29, 1.82) is 0 Å². The van der Waals surface area contributed by atoms with Crippen LogP contribution in [0.25, 0.3) is 0 Å². The zero-order valence-corrected chi connectivity index (χ0v) is 10.3. The SMILES string of the molecule is CC(NC(=O)CCS)c1ccc(Cl)s1. The quantitative estimate of drug-likeness (QED) is 0.790. The molecule has 5 heteroatoms. The standard InChI is InChI=1S/C9H12ClNOS2/c1-6(11-9(12)4-5-13)7-2-3-8(10)14-7/h2-3,6,13H,4-5H2,1H3,(H,11,12). The Balaban J connectivity index is 2.50. The summed E-state index contributed by atoms with van der Waals surface area (Å²) in [5.41, 5.74) is 0. The summed E-state index contributed by atoms with van der Waals surface area (Å²) in [5, 5.41) is 2.87. The molecule has 1 rings (SSSR count). The van der Waals surface area contributed by atoms with Crippen molar-refractivity contribution in [1.82, 2.24) is 5.32 Å². The number of carbonyl (C=O) groups excluding carboxylic acids is 1. The van der Waals surface area contributed by atoms with Crippen molar-refractivity contribution < 1.29 is 4.79 Å².